The number of pyridine rings is 1. The van der Waals surface area contributed by atoms with Gasteiger partial charge in [0.2, 0.25) is 0 Å². The minimum absolute atomic E-state index is 0. The van der Waals surface area contributed by atoms with Gasteiger partial charge in [0.05, 0.1) is 5.69 Å². The first-order valence-electron chi connectivity index (χ1n) is 18.1. The van der Waals surface area contributed by atoms with Crippen molar-refractivity contribution in [2.45, 2.75) is 93.4 Å². The zero-order chi connectivity index (χ0) is 36.4. The predicted octanol–water partition coefficient (Wildman–Crippen LogP) is 12.2. The monoisotopic (exact) mass is 867 g/mol. The molecule has 0 radical (unpaired) electrons. The fourth-order valence-electron chi connectivity index (χ4n) is 7.30. The molecule has 0 aliphatic carbocycles. The number of nitrogens with zero attached hydrogens (tertiary/aromatic N) is 4. The summed E-state index contributed by atoms with van der Waals surface area (Å²) in [5.74, 6) is 2.97. The Morgan fingerprint density at radius 3 is 2.08 bits per heavy atom. The van der Waals surface area contributed by atoms with Gasteiger partial charge in [-0.25, -0.2) is 4.98 Å². The molecule has 0 fully saturated rings. The molecule has 3 aromatic heterocycles. The van der Waals surface area contributed by atoms with Gasteiger partial charge in [-0.3, -0.25) is 4.68 Å². The van der Waals surface area contributed by atoms with Crippen molar-refractivity contribution in [3.05, 3.63) is 130 Å². The molecule has 268 valence electrons. The molecule has 7 aromatic rings. The van der Waals surface area contributed by atoms with Crippen LogP contribution in [-0.4, -0.2) is 19.3 Å². The van der Waals surface area contributed by atoms with Gasteiger partial charge in [0.1, 0.15) is 5.82 Å². The third-order valence-corrected chi connectivity index (χ3v) is 10.1. The molecule has 0 bridgehead atoms. The van der Waals surface area contributed by atoms with Crippen LogP contribution in [0, 0.1) is 39.8 Å². The maximum Gasteiger partial charge on any atom is 2.00 e. The summed E-state index contributed by atoms with van der Waals surface area (Å²) in [7, 11) is 0. The quantitative estimate of drug-likeness (QED) is 0.150. The molecule has 0 N–H and O–H groups in total. The minimum atomic E-state index is -0.131. The zero-order valence-electron chi connectivity index (χ0n) is 32.2. The number of benzene rings is 4. The molecule has 0 unspecified atom stereocenters. The standard InChI is InChI=1S/C46H48N4O.Pt/c1-27(2)33-18-19-47-43(22-33)49-41-15-13-12-14-39(41)40-17-16-37(26-42(40)49)51-38-24-35(46(9,10)11)23-36(25-38)50-32(8)45(31(7)48-50)44-29(5)20-34(28(3)4)21-30(44)6;/h12-24,27-28H,1-11H3;/q-2;+2. The smallest absolute Gasteiger partial charge is 0.509 e. The molecular formula is C46H48N4OPt. The second-order valence-electron chi connectivity index (χ2n) is 15.7. The number of para-hydroxylation sites is 1. The van der Waals surface area contributed by atoms with Gasteiger partial charge in [-0.05, 0) is 102 Å². The first-order valence-corrected chi connectivity index (χ1v) is 18.1. The molecule has 0 atom stereocenters. The second kappa shape index (κ2) is 14.2. The van der Waals surface area contributed by atoms with Crippen LogP contribution in [0.5, 0.6) is 11.5 Å². The molecule has 3 heterocycles. The SMILES string of the molecule is Cc1cc(C(C)C)cc(C)c1-c1c(C)nn(-c2[c-]c(Oc3[c-]c4c(cc3)c3ccccc3n4-c3cc(C(C)C)ccn3)cc(C(C)(C)C)c2)c1C.[Pt+2]. The molecule has 7 rings (SSSR count). The third-order valence-electron chi connectivity index (χ3n) is 10.1. The van der Waals surface area contributed by atoms with Crippen LogP contribution in [0.15, 0.2) is 79.0 Å². The van der Waals surface area contributed by atoms with E-state index in [9.17, 15) is 0 Å². The van der Waals surface area contributed by atoms with E-state index in [2.05, 4.69) is 160 Å². The van der Waals surface area contributed by atoms with Gasteiger partial charge in [-0.2, -0.15) is 11.2 Å². The molecule has 0 saturated carbocycles. The summed E-state index contributed by atoms with van der Waals surface area (Å²) in [6, 6.07) is 33.0. The third kappa shape index (κ3) is 6.76. The normalized spacial score (nSPS) is 11.9. The Kier molecular flexibility index (Phi) is 10.2. The molecule has 5 nitrogen and oxygen atoms in total. The van der Waals surface area contributed by atoms with E-state index in [1.807, 2.05) is 16.9 Å². The Bertz CT molecular complexity index is 2420. The number of fused-ring (bicyclic) bond motifs is 3. The van der Waals surface area contributed by atoms with E-state index in [0.717, 1.165) is 50.3 Å². The predicted molar refractivity (Wildman–Crippen MR) is 211 cm³/mol. The number of ether oxygens (including phenoxy) is 1. The van der Waals surface area contributed by atoms with Crippen LogP contribution in [0.1, 0.15) is 99.5 Å². The molecular weight excluding hydrogens is 820 g/mol. The van der Waals surface area contributed by atoms with Gasteiger partial charge in [-0.1, -0.05) is 84.3 Å². The molecule has 4 aromatic carbocycles. The van der Waals surface area contributed by atoms with E-state index in [-0.39, 0.29) is 26.5 Å². The van der Waals surface area contributed by atoms with Crippen LogP contribution < -0.4 is 4.74 Å². The fourth-order valence-corrected chi connectivity index (χ4v) is 7.30. The molecule has 0 spiro atoms. The molecule has 0 aliphatic heterocycles. The zero-order valence-corrected chi connectivity index (χ0v) is 34.4. The molecule has 0 amide bonds. The van der Waals surface area contributed by atoms with Gasteiger partial charge in [0, 0.05) is 34.5 Å². The van der Waals surface area contributed by atoms with Gasteiger partial charge >= 0.3 is 21.1 Å². The van der Waals surface area contributed by atoms with E-state index in [0.29, 0.717) is 23.3 Å². The van der Waals surface area contributed by atoms with Gasteiger partial charge in [0.25, 0.3) is 0 Å². The summed E-state index contributed by atoms with van der Waals surface area (Å²) in [5, 5.41) is 7.36. The maximum absolute atomic E-state index is 6.68. The second-order valence-corrected chi connectivity index (χ2v) is 15.7. The Labute approximate surface area is 323 Å². The largest absolute Gasteiger partial charge is 2.00 e. The maximum atomic E-state index is 6.68. The average Bonchev–Trinajstić information content (AvgIpc) is 3.56. The summed E-state index contributed by atoms with van der Waals surface area (Å²) in [4.78, 5) is 4.81. The van der Waals surface area contributed by atoms with Crippen LogP contribution in [-0.2, 0) is 26.5 Å². The summed E-state index contributed by atoms with van der Waals surface area (Å²) in [6.45, 7) is 24.3. The first kappa shape index (κ1) is 37.3. The van der Waals surface area contributed by atoms with E-state index in [1.165, 1.54) is 33.4 Å². The van der Waals surface area contributed by atoms with E-state index < -0.39 is 0 Å². The summed E-state index contributed by atoms with van der Waals surface area (Å²) in [5.41, 5.74) is 13.5. The minimum Gasteiger partial charge on any atom is -0.509 e. The van der Waals surface area contributed by atoms with E-state index in [4.69, 9.17) is 14.8 Å². The average molecular weight is 868 g/mol. The van der Waals surface area contributed by atoms with Gasteiger partial charge in [-0.15, -0.1) is 41.3 Å². The molecule has 6 heteroatoms. The summed E-state index contributed by atoms with van der Waals surface area (Å²) >= 11 is 0. The van der Waals surface area contributed by atoms with Crippen molar-refractivity contribution in [1.29, 1.82) is 0 Å². The molecule has 0 aliphatic rings. The van der Waals surface area contributed by atoms with Crippen molar-refractivity contribution < 1.29 is 25.8 Å². The number of aromatic nitrogens is 4. The van der Waals surface area contributed by atoms with Crippen molar-refractivity contribution >= 4 is 21.8 Å². The van der Waals surface area contributed by atoms with Crippen molar-refractivity contribution in [3.8, 4) is 34.1 Å². The van der Waals surface area contributed by atoms with Crippen molar-refractivity contribution in [1.82, 2.24) is 19.3 Å². The van der Waals surface area contributed by atoms with Crippen LogP contribution in [0.3, 0.4) is 0 Å². The first-order chi connectivity index (χ1) is 24.2. The Hall–Kier alpha value is -4.47. The van der Waals surface area contributed by atoms with Crippen LogP contribution in [0.25, 0.3) is 44.4 Å². The number of aryl methyl sites for hydroxylation is 3. The number of rotatable bonds is 7. The molecule has 0 saturated heterocycles. The van der Waals surface area contributed by atoms with Crippen molar-refractivity contribution in [3.63, 3.8) is 0 Å². The Morgan fingerprint density at radius 1 is 0.712 bits per heavy atom. The number of hydrogen-bond acceptors (Lipinski definition) is 3. The van der Waals surface area contributed by atoms with Crippen molar-refractivity contribution in [2.24, 2.45) is 0 Å². The topological polar surface area (TPSA) is 44.9 Å². The van der Waals surface area contributed by atoms with Crippen molar-refractivity contribution in [2.75, 3.05) is 0 Å². The Balaban J connectivity index is 0.00000464. The molecule has 52 heavy (non-hydrogen) atoms. The Morgan fingerprint density at radius 2 is 1.40 bits per heavy atom. The fraction of sp³-hybridized carbons (Fsp3) is 0.304. The summed E-state index contributed by atoms with van der Waals surface area (Å²) in [6.07, 6.45) is 1.90. The van der Waals surface area contributed by atoms with Crippen LogP contribution >= 0.6 is 0 Å². The van der Waals surface area contributed by atoms with Crippen LogP contribution in [0.4, 0.5) is 0 Å². The van der Waals surface area contributed by atoms with E-state index in [1.54, 1.807) is 0 Å². The van der Waals surface area contributed by atoms with E-state index >= 15 is 0 Å². The number of hydrogen-bond donors (Lipinski definition) is 0. The van der Waals surface area contributed by atoms with Gasteiger partial charge < -0.3 is 9.30 Å². The summed E-state index contributed by atoms with van der Waals surface area (Å²) < 4.78 is 10.9. The van der Waals surface area contributed by atoms with Crippen LogP contribution in [0.2, 0.25) is 0 Å². The van der Waals surface area contributed by atoms with Gasteiger partial charge in [0.15, 0.2) is 0 Å².